The van der Waals surface area contributed by atoms with Crippen molar-refractivity contribution in [1.29, 1.82) is 0 Å². The minimum atomic E-state index is -3.40. The third kappa shape index (κ3) is 10.4. The molecule has 33 heavy (non-hydrogen) atoms. The van der Waals surface area contributed by atoms with Crippen LogP contribution in [0.4, 0.5) is 11.4 Å². The van der Waals surface area contributed by atoms with E-state index in [0.717, 1.165) is 16.8 Å². The number of benzene rings is 2. The summed E-state index contributed by atoms with van der Waals surface area (Å²) >= 11 is 2.15. The Morgan fingerprint density at radius 3 is 1.70 bits per heavy atom. The van der Waals surface area contributed by atoms with E-state index < -0.39 is 32.0 Å². The maximum absolute atomic E-state index is 11.4. The van der Waals surface area contributed by atoms with Crippen molar-refractivity contribution in [3.05, 3.63) is 59.7 Å². The van der Waals surface area contributed by atoms with Crippen molar-refractivity contribution >= 4 is 66.0 Å². The number of ether oxygens (including phenoxy) is 2. The van der Waals surface area contributed by atoms with Gasteiger partial charge in [0, 0.05) is 7.05 Å². The predicted molar refractivity (Wildman–Crippen MR) is 137 cm³/mol. The van der Waals surface area contributed by atoms with E-state index in [-0.39, 0.29) is 16.8 Å². The highest BCUT2D eigenvalue weighted by Crippen LogP contribution is 2.21. The molecule has 13 heteroatoms. The van der Waals surface area contributed by atoms with E-state index in [9.17, 15) is 26.4 Å². The summed E-state index contributed by atoms with van der Waals surface area (Å²) in [4.78, 5) is 24.7. The molecular formula is C20H27IN2O8S2. The summed E-state index contributed by atoms with van der Waals surface area (Å²) in [6.45, 7) is 0. The van der Waals surface area contributed by atoms with E-state index in [2.05, 4.69) is 36.8 Å². The number of nitrogens with zero attached hydrogens (tertiary/aromatic N) is 1. The number of rotatable bonds is 6. The highest BCUT2D eigenvalue weighted by molar-refractivity contribution is 14.1. The molecule has 0 unspecified atom stereocenters. The fraction of sp³-hybridized carbons (Fsp3) is 0.300. The summed E-state index contributed by atoms with van der Waals surface area (Å²) in [5.74, 6) is -1.15. The number of carbonyl (C=O) groups is 2. The van der Waals surface area contributed by atoms with Gasteiger partial charge in [0.25, 0.3) is 0 Å². The van der Waals surface area contributed by atoms with Crippen molar-refractivity contribution in [3.8, 4) is 0 Å². The molecule has 0 saturated carbocycles. The molecule has 0 aliphatic rings. The number of halogens is 1. The van der Waals surface area contributed by atoms with Crippen molar-refractivity contribution in [2.24, 2.45) is 0 Å². The molecular weight excluding hydrogens is 587 g/mol. The summed E-state index contributed by atoms with van der Waals surface area (Å²) < 4.78 is 57.1. The lowest BCUT2D eigenvalue weighted by atomic mass is 10.2. The number of alkyl halides is 1. The van der Waals surface area contributed by atoms with Crippen LogP contribution in [0.2, 0.25) is 0 Å². The second-order valence-electron chi connectivity index (χ2n) is 6.15. The Labute approximate surface area is 208 Å². The van der Waals surface area contributed by atoms with Crippen molar-refractivity contribution in [2.75, 3.05) is 47.7 Å². The summed E-state index contributed by atoms with van der Waals surface area (Å²) in [6, 6.07) is 12.6. The van der Waals surface area contributed by atoms with Gasteiger partial charge in [0.05, 0.1) is 49.2 Å². The average molecular weight is 614 g/mol. The van der Waals surface area contributed by atoms with Crippen LogP contribution in [0.25, 0.3) is 0 Å². The van der Waals surface area contributed by atoms with Crippen LogP contribution >= 0.6 is 22.6 Å². The van der Waals surface area contributed by atoms with Gasteiger partial charge in [-0.25, -0.2) is 26.4 Å². The fourth-order valence-electron chi connectivity index (χ4n) is 2.27. The third-order valence-electron chi connectivity index (χ3n) is 3.77. The quantitative estimate of drug-likeness (QED) is 0.298. The van der Waals surface area contributed by atoms with Crippen LogP contribution < -0.4 is 9.03 Å². The topological polar surface area (TPSA) is 136 Å². The molecule has 2 rings (SSSR count). The lowest BCUT2D eigenvalue weighted by Crippen LogP contribution is -2.26. The smallest absolute Gasteiger partial charge is 0.340 e. The van der Waals surface area contributed by atoms with Crippen molar-refractivity contribution in [2.45, 2.75) is 0 Å². The van der Waals surface area contributed by atoms with Crippen LogP contribution in [0.5, 0.6) is 0 Å². The van der Waals surface area contributed by atoms with Gasteiger partial charge in [-0.2, -0.15) is 0 Å². The molecule has 2 aromatic rings. The second-order valence-corrected chi connectivity index (χ2v) is 9.91. The van der Waals surface area contributed by atoms with Crippen LogP contribution in [-0.2, 0) is 29.5 Å². The molecule has 184 valence electrons. The number of esters is 2. The third-order valence-corrected chi connectivity index (χ3v) is 5.56. The van der Waals surface area contributed by atoms with Gasteiger partial charge >= 0.3 is 11.9 Å². The molecule has 0 saturated heterocycles. The molecule has 2 aromatic carbocycles. The minimum Gasteiger partial charge on any atom is -0.465 e. The molecule has 0 heterocycles. The first-order chi connectivity index (χ1) is 15.3. The van der Waals surface area contributed by atoms with Crippen molar-refractivity contribution < 1.29 is 35.9 Å². The summed E-state index contributed by atoms with van der Waals surface area (Å²) in [7, 11) is -2.92. The van der Waals surface area contributed by atoms with Crippen LogP contribution in [0.1, 0.15) is 20.7 Å². The molecule has 0 bridgehead atoms. The van der Waals surface area contributed by atoms with Gasteiger partial charge in [0.2, 0.25) is 20.0 Å². The number of methoxy groups -OCH3 is 2. The summed E-state index contributed by atoms with van der Waals surface area (Å²) in [5.41, 5.74) is 0.923. The van der Waals surface area contributed by atoms with Gasteiger partial charge in [0.15, 0.2) is 0 Å². The molecule has 0 aliphatic carbocycles. The number of hydrogen-bond acceptors (Lipinski definition) is 8. The Kier molecular flexibility index (Phi) is 13.0. The lowest BCUT2D eigenvalue weighted by Gasteiger charge is -2.18. The largest absolute Gasteiger partial charge is 0.465 e. The molecule has 0 radical (unpaired) electrons. The zero-order valence-corrected chi connectivity index (χ0v) is 22.8. The average Bonchev–Trinajstić information content (AvgIpc) is 2.78. The van der Waals surface area contributed by atoms with Crippen LogP contribution in [0, 0.1) is 0 Å². The van der Waals surface area contributed by atoms with Gasteiger partial charge in [-0.05, 0) is 29.2 Å². The SMILES string of the molecule is CI.COC(=O)c1ccccc1N(C)S(C)(=O)=O.COC(=O)c1ccccc1NS(C)(=O)=O. The maximum Gasteiger partial charge on any atom is 0.340 e. The van der Waals surface area contributed by atoms with Crippen LogP contribution in [-0.4, -0.2) is 67.5 Å². The number of nitrogens with one attached hydrogen (secondary N) is 1. The van der Waals surface area contributed by atoms with Crippen LogP contribution in [0.15, 0.2) is 48.5 Å². The van der Waals surface area contributed by atoms with Crippen LogP contribution in [0.3, 0.4) is 0 Å². The van der Waals surface area contributed by atoms with Crippen molar-refractivity contribution in [1.82, 2.24) is 0 Å². The molecule has 0 atom stereocenters. The van der Waals surface area contributed by atoms with Gasteiger partial charge in [-0.1, -0.05) is 46.9 Å². The molecule has 0 fully saturated rings. The number of anilines is 2. The zero-order valence-electron chi connectivity index (χ0n) is 19.0. The molecule has 1 N–H and O–H groups in total. The molecule has 0 aromatic heterocycles. The minimum absolute atomic E-state index is 0.186. The van der Waals surface area contributed by atoms with E-state index in [0.29, 0.717) is 5.69 Å². The van der Waals surface area contributed by atoms with Gasteiger partial charge in [0.1, 0.15) is 0 Å². The zero-order chi connectivity index (χ0) is 25.8. The number of hydrogen-bond donors (Lipinski definition) is 1. The first kappa shape index (κ1) is 30.6. The Hall–Kier alpha value is -2.39. The first-order valence-electron chi connectivity index (χ1n) is 8.96. The summed E-state index contributed by atoms with van der Waals surface area (Å²) in [5, 5.41) is 0. The van der Waals surface area contributed by atoms with E-state index in [1.165, 1.54) is 39.5 Å². The molecule has 0 aliphatic heterocycles. The van der Waals surface area contributed by atoms with Crippen molar-refractivity contribution in [3.63, 3.8) is 0 Å². The number of carbonyl (C=O) groups excluding carboxylic acids is 2. The van der Waals surface area contributed by atoms with E-state index in [4.69, 9.17) is 0 Å². The Morgan fingerprint density at radius 2 is 1.24 bits per heavy atom. The number of sulfonamides is 2. The first-order valence-corrected chi connectivity index (χ1v) is 14.9. The molecule has 10 nitrogen and oxygen atoms in total. The standard InChI is InChI=1S/C10H13NO4S.C9H11NO4S.CH3I/c1-11(16(3,13)14)9-7-5-4-6-8(9)10(12)15-2;1-14-9(11)7-5-3-4-6-8(7)10-15(2,12)13;1-2/h4-7H,1-3H3;3-6,10H,1-2H3;1H3. The number of para-hydroxylation sites is 2. The second kappa shape index (κ2) is 14.0. The van der Waals surface area contributed by atoms with E-state index in [1.54, 1.807) is 30.3 Å². The van der Waals surface area contributed by atoms with Gasteiger partial charge < -0.3 is 9.47 Å². The highest BCUT2D eigenvalue weighted by Gasteiger charge is 2.19. The monoisotopic (exact) mass is 614 g/mol. The predicted octanol–water partition coefficient (Wildman–Crippen LogP) is 2.76. The lowest BCUT2D eigenvalue weighted by molar-refractivity contribution is 0.0593. The molecule has 0 spiro atoms. The maximum atomic E-state index is 11.4. The fourth-order valence-corrected chi connectivity index (χ4v) is 3.36. The summed E-state index contributed by atoms with van der Waals surface area (Å²) in [6.07, 6.45) is 2.09. The highest BCUT2D eigenvalue weighted by atomic mass is 127. The van der Waals surface area contributed by atoms with E-state index in [1.807, 2.05) is 4.93 Å². The Balaban J connectivity index is 0.000000578. The molecule has 0 amide bonds. The Morgan fingerprint density at radius 1 is 0.818 bits per heavy atom. The Bertz CT molecular complexity index is 1150. The van der Waals surface area contributed by atoms with Gasteiger partial charge in [-0.3, -0.25) is 9.03 Å². The van der Waals surface area contributed by atoms with Gasteiger partial charge in [-0.15, -0.1) is 0 Å². The van der Waals surface area contributed by atoms with E-state index >= 15 is 0 Å². The normalized spacial score (nSPS) is 10.4.